The van der Waals surface area contributed by atoms with Crippen LogP contribution in [0.25, 0.3) is 0 Å². The monoisotopic (exact) mass is 391 g/mol. The Kier molecular flexibility index (Phi) is 4.84. The topological polar surface area (TPSA) is 62.3 Å². The van der Waals surface area contributed by atoms with Crippen molar-refractivity contribution in [1.29, 1.82) is 0 Å². The molecule has 0 saturated carbocycles. The Labute approximate surface area is 168 Å². The zero-order valence-corrected chi connectivity index (χ0v) is 16.0. The van der Waals surface area contributed by atoms with Crippen LogP contribution in [-0.2, 0) is 6.42 Å². The maximum atomic E-state index is 13.2. The summed E-state index contributed by atoms with van der Waals surface area (Å²) in [6.07, 6.45) is 2.29. The van der Waals surface area contributed by atoms with E-state index in [2.05, 4.69) is 10.3 Å². The van der Waals surface area contributed by atoms with E-state index in [4.69, 9.17) is 11.6 Å². The maximum absolute atomic E-state index is 13.2. The lowest BCUT2D eigenvalue weighted by atomic mass is 10.1. The number of rotatable bonds is 3. The Bertz CT molecular complexity index is 1070. The first-order valence-electron chi connectivity index (χ1n) is 8.98. The summed E-state index contributed by atoms with van der Waals surface area (Å²) in [6.45, 7) is 2.02. The molecule has 3 aromatic rings. The van der Waals surface area contributed by atoms with Gasteiger partial charge in [-0.05, 0) is 49.2 Å². The van der Waals surface area contributed by atoms with Gasteiger partial charge in [-0.3, -0.25) is 14.6 Å². The molecule has 2 heterocycles. The number of fused-ring (bicyclic) bond motifs is 1. The summed E-state index contributed by atoms with van der Waals surface area (Å²) in [5, 5.41) is 3.16. The Balaban J connectivity index is 1.60. The summed E-state index contributed by atoms with van der Waals surface area (Å²) in [5.41, 5.74) is 3.14. The molecule has 4 rings (SSSR count). The minimum Gasteiger partial charge on any atom is -0.319 e. The first kappa shape index (κ1) is 18.2. The third-order valence-corrected chi connectivity index (χ3v) is 5.12. The molecular weight excluding hydrogens is 374 g/mol. The fraction of sp³-hybridized carbons (Fsp3) is 0.136. The third kappa shape index (κ3) is 3.37. The molecule has 0 spiro atoms. The van der Waals surface area contributed by atoms with Crippen LogP contribution >= 0.6 is 11.6 Å². The molecule has 2 amide bonds. The number of nitrogens with one attached hydrogen (secondary N) is 1. The molecule has 0 bridgehead atoms. The molecule has 5 nitrogen and oxygen atoms in total. The van der Waals surface area contributed by atoms with E-state index in [1.54, 1.807) is 35.2 Å². The molecule has 140 valence electrons. The zero-order chi connectivity index (χ0) is 19.7. The van der Waals surface area contributed by atoms with E-state index >= 15 is 0 Å². The number of para-hydroxylation sites is 2. The normalized spacial score (nSPS) is 15.2. The molecule has 0 radical (unpaired) electrons. The number of amides is 2. The number of benzene rings is 2. The number of hydrogen-bond acceptors (Lipinski definition) is 3. The van der Waals surface area contributed by atoms with Gasteiger partial charge in [0.2, 0.25) is 0 Å². The molecule has 1 unspecified atom stereocenters. The van der Waals surface area contributed by atoms with Crippen molar-refractivity contribution < 1.29 is 9.59 Å². The predicted molar refractivity (Wildman–Crippen MR) is 110 cm³/mol. The van der Waals surface area contributed by atoms with E-state index < -0.39 is 5.91 Å². The van der Waals surface area contributed by atoms with Gasteiger partial charge < -0.3 is 10.2 Å². The fourth-order valence-corrected chi connectivity index (χ4v) is 3.63. The predicted octanol–water partition coefficient (Wildman–Crippen LogP) is 4.58. The van der Waals surface area contributed by atoms with Crippen LogP contribution < -0.4 is 10.2 Å². The van der Waals surface area contributed by atoms with Crippen molar-refractivity contribution in [2.75, 3.05) is 10.2 Å². The smallest absolute Gasteiger partial charge is 0.274 e. The molecule has 6 heteroatoms. The van der Waals surface area contributed by atoms with Gasteiger partial charge >= 0.3 is 0 Å². The third-order valence-electron chi connectivity index (χ3n) is 4.79. The second-order valence-electron chi connectivity index (χ2n) is 6.72. The number of carbonyl (C=O) groups excluding carboxylic acids is 2. The van der Waals surface area contributed by atoms with Gasteiger partial charge in [-0.25, -0.2) is 0 Å². The summed E-state index contributed by atoms with van der Waals surface area (Å²) < 4.78 is 0. The minimum atomic E-state index is -0.419. The van der Waals surface area contributed by atoms with E-state index in [-0.39, 0.29) is 17.6 Å². The average Bonchev–Trinajstić information content (AvgIpc) is 3.05. The molecule has 28 heavy (non-hydrogen) atoms. The molecule has 1 aliphatic heterocycles. The lowest BCUT2D eigenvalue weighted by Crippen LogP contribution is -2.35. The van der Waals surface area contributed by atoms with E-state index in [0.29, 0.717) is 16.3 Å². The standard InChI is InChI=1S/C22H18ClN3O2/c1-14-12-15-6-2-5-9-20(15)26(14)22(28)16-10-11-24-19(13-16)21(27)25-18-8-4-3-7-17(18)23/h2-11,13-14H,12H2,1H3,(H,25,27). The van der Waals surface area contributed by atoms with Crippen molar-refractivity contribution in [3.63, 3.8) is 0 Å². The van der Waals surface area contributed by atoms with Crippen LogP contribution in [0, 0.1) is 0 Å². The Morgan fingerprint density at radius 3 is 2.68 bits per heavy atom. The van der Waals surface area contributed by atoms with Crippen molar-refractivity contribution in [3.8, 4) is 0 Å². The maximum Gasteiger partial charge on any atom is 0.274 e. The molecule has 1 aromatic heterocycles. The quantitative estimate of drug-likeness (QED) is 0.710. The van der Waals surface area contributed by atoms with E-state index in [1.807, 2.05) is 31.2 Å². The van der Waals surface area contributed by atoms with Crippen LogP contribution in [0.3, 0.4) is 0 Å². The van der Waals surface area contributed by atoms with Crippen molar-refractivity contribution in [3.05, 3.63) is 88.7 Å². The Morgan fingerprint density at radius 1 is 1.11 bits per heavy atom. The number of pyridine rings is 1. The van der Waals surface area contributed by atoms with Crippen LogP contribution in [0.5, 0.6) is 0 Å². The number of nitrogens with zero attached hydrogens (tertiary/aromatic N) is 2. The molecule has 0 aliphatic carbocycles. The average molecular weight is 392 g/mol. The van der Waals surface area contributed by atoms with Gasteiger partial charge in [0.05, 0.1) is 10.7 Å². The van der Waals surface area contributed by atoms with Gasteiger partial charge in [0, 0.05) is 23.5 Å². The van der Waals surface area contributed by atoms with Gasteiger partial charge in [-0.15, -0.1) is 0 Å². The van der Waals surface area contributed by atoms with E-state index in [0.717, 1.165) is 17.7 Å². The van der Waals surface area contributed by atoms with Crippen LogP contribution in [0.15, 0.2) is 66.9 Å². The van der Waals surface area contributed by atoms with Crippen molar-refractivity contribution >= 4 is 34.8 Å². The molecule has 1 atom stereocenters. The summed E-state index contributed by atoms with van der Waals surface area (Å²) in [5.74, 6) is -0.565. The van der Waals surface area contributed by atoms with Gasteiger partial charge in [0.25, 0.3) is 11.8 Å². The Morgan fingerprint density at radius 2 is 1.86 bits per heavy atom. The lowest BCUT2D eigenvalue weighted by Gasteiger charge is -2.23. The molecule has 2 aromatic carbocycles. The second kappa shape index (κ2) is 7.44. The molecular formula is C22H18ClN3O2. The van der Waals surface area contributed by atoms with Gasteiger partial charge in [-0.2, -0.15) is 0 Å². The van der Waals surface area contributed by atoms with E-state index in [9.17, 15) is 9.59 Å². The molecule has 0 saturated heterocycles. The summed E-state index contributed by atoms with van der Waals surface area (Å²) in [4.78, 5) is 31.6. The summed E-state index contributed by atoms with van der Waals surface area (Å²) >= 11 is 6.09. The van der Waals surface area contributed by atoms with E-state index in [1.165, 1.54) is 12.3 Å². The number of halogens is 1. The zero-order valence-electron chi connectivity index (χ0n) is 15.2. The molecule has 0 fully saturated rings. The number of aromatic nitrogens is 1. The summed E-state index contributed by atoms with van der Waals surface area (Å²) in [6, 6.07) is 18.0. The highest BCUT2D eigenvalue weighted by molar-refractivity contribution is 6.33. The SMILES string of the molecule is CC1Cc2ccccc2N1C(=O)c1ccnc(C(=O)Nc2ccccc2Cl)c1. The lowest BCUT2D eigenvalue weighted by molar-refractivity contribution is 0.0981. The van der Waals surface area contributed by atoms with Crippen LogP contribution in [0.2, 0.25) is 5.02 Å². The second-order valence-corrected chi connectivity index (χ2v) is 7.13. The van der Waals surface area contributed by atoms with Crippen molar-refractivity contribution in [2.45, 2.75) is 19.4 Å². The summed E-state index contributed by atoms with van der Waals surface area (Å²) in [7, 11) is 0. The number of carbonyl (C=O) groups is 2. The van der Waals surface area contributed by atoms with Gasteiger partial charge in [-0.1, -0.05) is 41.9 Å². The largest absolute Gasteiger partial charge is 0.319 e. The first-order chi connectivity index (χ1) is 13.5. The molecule has 1 aliphatic rings. The minimum absolute atomic E-state index is 0.0541. The van der Waals surface area contributed by atoms with Crippen LogP contribution in [0.1, 0.15) is 33.3 Å². The highest BCUT2D eigenvalue weighted by Gasteiger charge is 2.31. The number of anilines is 2. The van der Waals surface area contributed by atoms with Gasteiger partial charge in [0.1, 0.15) is 5.69 Å². The first-order valence-corrected chi connectivity index (χ1v) is 9.36. The highest BCUT2D eigenvalue weighted by Crippen LogP contribution is 2.33. The highest BCUT2D eigenvalue weighted by atomic mass is 35.5. The van der Waals surface area contributed by atoms with Gasteiger partial charge in [0.15, 0.2) is 0 Å². The van der Waals surface area contributed by atoms with Crippen molar-refractivity contribution in [2.24, 2.45) is 0 Å². The van der Waals surface area contributed by atoms with Crippen molar-refractivity contribution in [1.82, 2.24) is 4.98 Å². The van der Waals surface area contributed by atoms with Crippen LogP contribution in [-0.4, -0.2) is 22.8 Å². The number of hydrogen-bond donors (Lipinski definition) is 1. The van der Waals surface area contributed by atoms with Crippen LogP contribution in [0.4, 0.5) is 11.4 Å². The molecule has 1 N–H and O–H groups in total. The fourth-order valence-electron chi connectivity index (χ4n) is 3.45. The Hall–Kier alpha value is -3.18.